The molecule has 0 amide bonds. The summed E-state index contributed by atoms with van der Waals surface area (Å²) in [7, 11) is 1.96. The summed E-state index contributed by atoms with van der Waals surface area (Å²) in [6.45, 7) is 2.54. The second-order valence-corrected chi connectivity index (χ2v) is 6.06. The number of nitrogens with zero attached hydrogens (tertiary/aromatic N) is 1. The molecule has 3 rings (SSSR count). The van der Waals surface area contributed by atoms with Gasteiger partial charge in [0, 0.05) is 30.2 Å². The lowest BCUT2D eigenvalue weighted by Gasteiger charge is -2.10. The van der Waals surface area contributed by atoms with Crippen molar-refractivity contribution in [2.75, 3.05) is 6.61 Å². The van der Waals surface area contributed by atoms with E-state index < -0.39 is 0 Å². The average Bonchev–Trinajstić information content (AvgIpc) is 3.13. The van der Waals surface area contributed by atoms with Crippen LogP contribution < -0.4 is 5.73 Å². The molecule has 0 saturated heterocycles. The van der Waals surface area contributed by atoms with E-state index in [0.29, 0.717) is 24.6 Å². The number of benzene rings is 1. The van der Waals surface area contributed by atoms with Gasteiger partial charge in [0.05, 0.1) is 12.2 Å². The van der Waals surface area contributed by atoms with Gasteiger partial charge >= 0.3 is 5.97 Å². The maximum absolute atomic E-state index is 12.4. The Morgan fingerprint density at radius 3 is 2.73 bits per heavy atom. The molecule has 1 aliphatic rings. The molecule has 4 heteroatoms. The standard InChI is InChI=1S/C18H24N2O2/c1-3-22-18(21)17-14-10-13(12-6-4-5-7-12)8-9-15(14)20(2)16(17)11-19/h8-10,12H,3-7,11,19H2,1-2H3. The van der Waals surface area contributed by atoms with E-state index in [2.05, 4.69) is 18.2 Å². The van der Waals surface area contributed by atoms with Gasteiger partial charge in [-0.1, -0.05) is 18.9 Å². The molecule has 1 fully saturated rings. The first-order valence-electron chi connectivity index (χ1n) is 8.15. The molecule has 0 atom stereocenters. The Balaban J connectivity index is 2.16. The van der Waals surface area contributed by atoms with Crippen molar-refractivity contribution in [3.05, 3.63) is 35.0 Å². The lowest BCUT2D eigenvalue weighted by Crippen LogP contribution is -2.12. The maximum atomic E-state index is 12.4. The molecule has 118 valence electrons. The first-order valence-corrected chi connectivity index (χ1v) is 8.15. The summed E-state index contributed by atoms with van der Waals surface area (Å²) in [4.78, 5) is 12.4. The molecule has 1 saturated carbocycles. The molecule has 1 aromatic heterocycles. The summed E-state index contributed by atoms with van der Waals surface area (Å²) in [6.07, 6.45) is 5.10. The number of nitrogens with two attached hydrogens (primary N) is 1. The highest BCUT2D eigenvalue weighted by Crippen LogP contribution is 2.36. The van der Waals surface area contributed by atoms with Crippen molar-refractivity contribution in [1.29, 1.82) is 0 Å². The smallest absolute Gasteiger partial charge is 0.340 e. The molecule has 0 aliphatic heterocycles. The monoisotopic (exact) mass is 300 g/mol. The molecule has 1 aliphatic carbocycles. The molecular weight excluding hydrogens is 276 g/mol. The Morgan fingerprint density at radius 2 is 2.09 bits per heavy atom. The fraction of sp³-hybridized carbons (Fsp3) is 0.500. The van der Waals surface area contributed by atoms with Crippen molar-refractivity contribution >= 4 is 16.9 Å². The number of carbonyl (C=O) groups is 1. The Morgan fingerprint density at radius 1 is 1.36 bits per heavy atom. The van der Waals surface area contributed by atoms with Crippen molar-refractivity contribution in [3.8, 4) is 0 Å². The van der Waals surface area contributed by atoms with E-state index in [4.69, 9.17) is 10.5 Å². The van der Waals surface area contributed by atoms with Gasteiger partial charge in [-0.2, -0.15) is 0 Å². The Bertz CT molecular complexity index is 697. The molecule has 22 heavy (non-hydrogen) atoms. The summed E-state index contributed by atoms with van der Waals surface area (Å²) in [5.41, 5.74) is 9.75. The van der Waals surface area contributed by atoms with Gasteiger partial charge in [-0.25, -0.2) is 4.79 Å². The van der Waals surface area contributed by atoms with E-state index in [0.717, 1.165) is 16.6 Å². The zero-order valence-corrected chi connectivity index (χ0v) is 13.4. The third-order valence-corrected chi connectivity index (χ3v) is 4.84. The van der Waals surface area contributed by atoms with Gasteiger partial charge in [-0.3, -0.25) is 0 Å². The minimum atomic E-state index is -0.267. The Hall–Kier alpha value is -1.81. The number of aromatic nitrogens is 1. The number of esters is 1. The van der Waals surface area contributed by atoms with Crippen LogP contribution in [0.5, 0.6) is 0 Å². The largest absolute Gasteiger partial charge is 0.462 e. The minimum absolute atomic E-state index is 0.267. The Kier molecular flexibility index (Phi) is 4.21. The fourth-order valence-corrected chi connectivity index (χ4v) is 3.70. The van der Waals surface area contributed by atoms with Gasteiger partial charge in [0.1, 0.15) is 0 Å². The summed E-state index contributed by atoms with van der Waals surface area (Å²) in [6, 6.07) is 6.50. The van der Waals surface area contributed by atoms with Crippen molar-refractivity contribution in [2.45, 2.75) is 45.1 Å². The molecule has 2 N–H and O–H groups in total. The maximum Gasteiger partial charge on any atom is 0.340 e. The topological polar surface area (TPSA) is 57.2 Å². The van der Waals surface area contributed by atoms with Crippen molar-refractivity contribution in [2.24, 2.45) is 12.8 Å². The normalized spacial score (nSPS) is 15.6. The van der Waals surface area contributed by atoms with E-state index >= 15 is 0 Å². The second-order valence-electron chi connectivity index (χ2n) is 6.06. The van der Waals surface area contributed by atoms with E-state index in [1.807, 2.05) is 18.5 Å². The average molecular weight is 300 g/mol. The summed E-state index contributed by atoms with van der Waals surface area (Å²) < 4.78 is 7.26. The van der Waals surface area contributed by atoms with Crippen molar-refractivity contribution in [1.82, 2.24) is 4.57 Å². The molecule has 0 spiro atoms. The van der Waals surface area contributed by atoms with Crippen LogP contribution in [0, 0.1) is 0 Å². The van der Waals surface area contributed by atoms with E-state index in [9.17, 15) is 4.79 Å². The molecular formula is C18H24N2O2. The van der Waals surface area contributed by atoms with Crippen LogP contribution in [0.1, 0.15) is 60.1 Å². The van der Waals surface area contributed by atoms with Gasteiger partial charge in [-0.05, 0) is 43.4 Å². The first-order chi connectivity index (χ1) is 10.7. The SMILES string of the molecule is CCOC(=O)c1c(CN)n(C)c2ccc(C3CCCC3)cc12. The van der Waals surface area contributed by atoms with Gasteiger partial charge < -0.3 is 15.0 Å². The van der Waals surface area contributed by atoms with Crippen molar-refractivity contribution < 1.29 is 9.53 Å². The van der Waals surface area contributed by atoms with Gasteiger partial charge in [-0.15, -0.1) is 0 Å². The molecule has 0 radical (unpaired) electrons. The molecule has 4 nitrogen and oxygen atoms in total. The molecule has 1 aromatic carbocycles. The molecule has 0 unspecified atom stereocenters. The van der Waals surface area contributed by atoms with Crippen LogP contribution in [0.25, 0.3) is 10.9 Å². The highest BCUT2D eigenvalue weighted by Gasteiger charge is 2.23. The number of carbonyl (C=O) groups excluding carboxylic acids is 1. The minimum Gasteiger partial charge on any atom is -0.462 e. The summed E-state index contributed by atoms with van der Waals surface area (Å²) in [5.74, 6) is 0.359. The van der Waals surface area contributed by atoms with Crippen LogP contribution in [0.3, 0.4) is 0 Å². The van der Waals surface area contributed by atoms with Crippen LogP contribution in [0.15, 0.2) is 18.2 Å². The lowest BCUT2D eigenvalue weighted by atomic mass is 9.95. The van der Waals surface area contributed by atoms with Crippen LogP contribution >= 0.6 is 0 Å². The summed E-state index contributed by atoms with van der Waals surface area (Å²) in [5, 5.41) is 0.978. The number of rotatable bonds is 4. The Labute approximate surface area is 131 Å². The molecule has 2 aromatic rings. The van der Waals surface area contributed by atoms with Crippen LogP contribution in [0.4, 0.5) is 0 Å². The highest BCUT2D eigenvalue weighted by molar-refractivity contribution is 6.06. The van der Waals surface area contributed by atoms with E-state index in [1.54, 1.807) is 0 Å². The van der Waals surface area contributed by atoms with E-state index in [-0.39, 0.29) is 5.97 Å². The van der Waals surface area contributed by atoms with Crippen molar-refractivity contribution in [3.63, 3.8) is 0 Å². The predicted molar refractivity (Wildman–Crippen MR) is 88.0 cm³/mol. The number of hydrogen-bond donors (Lipinski definition) is 1. The zero-order chi connectivity index (χ0) is 15.7. The number of hydrogen-bond acceptors (Lipinski definition) is 3. The molecule has 1 heterocycles. The quantitative estimate of drug-likeness (QED) is 0.880. The van der Waals surface area contributed by atoms with Crippen LogP contribution in [-0.2, 0) is 18.3 Å². The predicted octanol–water partition coefficient (Wildman–Crippen LogP) is 3.47. The zero-order valence-electron chi connectivity index (χ0n) is 13.4. The number of aryl methyl sites for hydroxylation is 1. The van der Waals surface area contributed by atoms with E-state index in [1.165, 1.54) is 31.2 Å². The second kappa shape index (κ2) is 6.13. The number of ether oxygens (including phenoxy) is 1. The van der Waals surface area contributed by atoms with Gasteiger partial charge in [0.15, 0.2) is 0 Å². The van der Waals surface area contributed by atoms with Gasteiger partial charge in [0.2, 0.25) is 0 Å². The van der Waals surface area contributed by atoms with Gasteiger partial charge in [0.25, 0.3) is 0 Å². The summed E-state index contributed by atoms with van der Waals surface area (Å²) >= 11 is 0. The van der Waals surface area contributed by atoms with Crippen LogP contribution in [-0.4, -0.2) is 17.1 Å². The fourth-order valence-electron chi connectivity index (χ4n) is 3.70. The number of fused-ring (bicyclic) bond motifs is 1. The highest BCUT2D eigenvalue weighted by atomic mass is 16.5. The first kappa shape index (κ1) is 15.1. The molecule has 0 bridgehead atoms. The third kappa shape index (κ3) is 2.41. The third-order valence-electron chi connectivity index (χ3n) is 4.84. The lowest BCUT2D eigenvalue weighted by molar-refractivity contribution is 0.0527. The van der Waals surface area contributed by atoms with Crippen LogP contribution in [0.2, 0.25) is 0 Å².